The van der Waals surface area contributed by atoms with Crippen LogP contribution in [0.4, 0.5) is 4.79 Å². The number of nitrogens with one attached hydrogen (secondary N) is 2. The van der Waals surface area contributed by atoms with Gasteiger partial charge in [-0.2, -0.15) is 0 Å². The Hall–Kier alpha value is -3.35. The molecule has 2 fully saturated rings. The minimum Gasteiger partial charge on any atom is -0.481 e. The topological polar surface area (TPSA) is 105 Å². The molecule has 2 aromatic carbocycles. The van der Waals surface area contributed by atoms with Crippen molar-refractivity contribution in [2.75, 3.05) is 13.2 Å². The molecule has 0 aromatic heterocycles. The molecule has 0 bridgehead atoms. The highest BCUT2D eigenvalue weighted by Gasteiger charge is 2.44. The SMILES string of the molecule is O=C(NC1CC(C(=O)NC[C@@H]2C[C@@H]2C(=O)O)C1)OCC1c2ccccc2-c2ccccc21. The molecule has 0 aliphatic heterocycles. The second kappa shape index (κ2) is 8.30. The molecule has 2 aromatic rings. The number of hydrogen-bond acceptors (Lipinski definition) is 4. The maximum Gasteiger partial charge on any atom is 0.407 e. The van der Waals surface area contributed by atoms with Crippen molar-refractivity contribution in [1.82, 2.24) is 10.6 Å². The molecule has 3 aliphatic carbocycles. The molecule has 166 valence electrons. The number of benzene rings is 2. The second-order valence-corrected chi connectivity index (χ2v) is 9.02. The lowest BCUT2D eigenvalue weighted by Crippen LogP contribution is -2.49. The Morgan fingerprint density at radius 2 is 1.56 bits per heavy atom. The third-order valence-electron chi connectivity index (χ3n) is 6.95. The van der Waals surface area contributed by atoms with E-state index in [0.29, 0.717) is 25.8 Å². The van der Waals surface area contributed by atoms with Crippen LogP contribution in [0.1, 0.15) is 36.3 Å². The number of hydrogen-bond donors (Lipinski definition) is 3. The average molecular weight is 434 g/mol. The fourth-order valence-electron chi connectivity index (χ4n) is 4.91. The van der Waals surface area contributed by atoms with E-state index in [9.17, 15) is 14.4 Å². The summed E-state index contributed by atoms with van der Waals surface area (Å²) in [4.78, 5) is 35.4. The van der Waals surface area contributed by atoms with Crippen molar-refractivity contribution in [3.8, 4) is 11.1 Å². The van der Waals surface area contributed by atoms with E-state index in [4.69, 9.17) is 9.84 Å². The molecular weight excluding hydrogens is 408 g/mol. The van der Waals surface area contributed by atoms with Crippen LogP contribution in [0.3, 0.4) is 0 Å². The van der Waals surface area contributed by atoms with Gasteiger partial charge < -0.3 is 20.5 Å². The first-order chi connectivity index (χ1) is 15.5. The number of carboxylic acid groups (broad SMARTS) is 1. The van der Waals surface area contributed by atoms with E-state index >= 15 is 0 Å². The minimum atomic E-state index is -0.791. The van der Waals surface area contributed by atoms with Gasteiger partial charge in [-0.05, 0) is 47.4 Å². The molecule has 0 radical (unpaired) electrons. The zero-order valence-electron chi connectivity index (χ0n) is 17.6. The lowest BCUT2D eigenvalue weighted by molar-refractivity contribution is -0.139. The highest BCUT2D eigenvalue weighted by molar-refractivity contribution is 5.81. The van der Waals surface area contributed by atoms with Crippen LogP contribution in [0.5, 0.6) is 0 Å². The van der Waals surface area contributed by atoms with Crippen molar-refractivity contribution in [2.24, 2.45) is 17.8 Å². The van der Waals surface area contributed by atoms with E-state index in [-0.39, 0.29) is 42.2 Å². The molecule has 3 aliphatic rings. The van der Waals surface area contributed by atoms with Crippen molar-refractivity contribution >= 4 is 18.0 Å². The van der Waals surface area contributed by atoms with E-state index in [1.165, 1.54) is 22.3 Å². The molecule has 0 heterocycles. The summed E-state index contributed by atoms with van der Waals surface area (Å²) in [5, 5.41) is 14.6. The first-order valence-electron chi connectivity index (χ1n) is 11.1. The lowest BCUT2D eigenvalue weighted by atomic mass is 9.79. The number of fused-ring (bicyclic) bond motifs is 3. The molecular formula is C25H26N2O5. The van der Waals surface area contributed by atoms with Crippen LogP contribution in [-0.4, -0.2) is 42.3 Å². The highest BCUT2D eigenvalue weighted by Crippen LogP contribution is 2.44. The van der Waals surface area contributed by atoms with Crippen LogP contribution in [0.25, 0.3) is 11.1 Å². The molecule has 0 spiro atoms. The fourth-order valence-corrected chi connectivity index (χ4v) is 4.91. The Bertz CT molecular complexity index is 1020. The number of carbonyl (C=O) groups is 3. The van der Waals surface area contributed by atoms with Crippen LogP contribution >= 0.6 is 0 Å². The predicted molar refractivity (Wildman–Crippen MR) is 117 cm³/mol. The van der Waals surface area contributed by atoms with E-state index in [1.54, 1.807) is 0 Å². The number of alkyl carbamates (subject to hydrolysis) is 1. The minimum absolute atomic E-state index is 0.0186. The zero-order chi connectivity index (χ0) is 22.2. The van der Waals surface area contributed by atoms with Crippen molar-refractivity contribution < 1.29 is 24.2 Å². The van der Waals surface area contributed by atoms with Gasteiger partial charge in [-0.15, -0.1) is 0 Å². The monoisotopic (exact) mass is 434 g/mol. The third kappa shape index (κ3) is 3.95. The van der Waals surface area contributed by atoms with Crippen LogP contribution in [-0.2, 0) is 14.3 Å². The number of aliphatic carboxylic acids is 1. The van der Waals surface area contributed by atoms with Gasteiger partial charge >= 0.3 is 12.1 Å². The summed E-state index contributed by atoms with van der Waals surface area (Å²) in [6, 6.07) is 16.3. The van der Waals surface area contributed by atoms with Crippen molar-refractivity contribution in [3.05, 3.63) is 59.7 Å². The van der Waals surface area contributed by atoms with Gasteiger partial charge in [-0.3, -0.25) is 9.59 Å². The summed E-state index contributed by atoms with van der Waals surface area (Å²) in [5.41, 5.74) is 4.71. The van der Waals surface area contributed by atoms with Gasteiger partial charge in [-0.25, -0.2) is 4.79 Å². The van der Waals surface area contributed by atoms with Gasteiger partial charge in [0.15, 0.2) is 0 Å². The molecule has 2 atom stereocenters. The summed E-state index contributed by atoms with van der Waals surface area (Å²) in [6.07, 6.45) is 1.32. The van der Waals surface area contributed by atoms with Gasteiger partial charge in [0.1, 0.15) is 6.61 Å². The van der Waals surface area contributed by atoms with Crippen LogP contribution in [0.2, 0.25) is 0 Å². The normalized spacial score (nSPS) is 25.1. The Labute approximate surface area is 186 Å². The van der Waals surface area contributed by atoms with Gasteiger partial charge in [0.25, 0.3) is 0 Å². The molecule has 5 rings (SSSR count). The fraction of sp³-hybridized carbons (Fsp3) is 0.400. The molecule has 2 amide bonds. The maximum absolute atomic E-state index is 12.3. The third-order valence-corrected chi connectivity index (χ3v) is 6.95. The van der Waals surface area contributed by atoms with Crippen LogP contribution in [0, 0.1) is 17.8 Å². The molecule has 7 heteroatoms. The standard InChI is InChI=1S/C25H26N2O5/c28-23(26-12-15-11-21(15)24(29)30)14-9-16(10-14)27-25(31)32-13-22-19-7-3-1-5-17(19)18-6-2-4-8-20(18)22/h1-8,14-16,21-22H,9-13H2,(H,26,28)(H,27,31)(H,29,30)/t14?,15-,16?,21-/m0/s1. The second-order valence-electron chi connectivity index (χ2n) is 9.02. The molecule has 0 saturated heterocycles. The van der Waals surface area contributed by atoms with Gasteiger partial charge in [0, 0.05) is 24.4 Å². The molecule has 2 saturated carbocycles. The molecule has 7 nitrogen and oxygen atoms in total. The van der Waals surface area contributed by atoms with Gasteiger partial charge in [0.2, 0.25) is 5.91 Å². The van der Waals surface area contributed by atoms with Crippen molar-refractivity contribution in [3.63, 3.8) is 0 Å². The lowest BCUT2D eigenvalue weighted by Gasteiger charge is -2.34. The Balaban J connectivity index is 1.07. The smallest absolute Gasteiger partial charge is 0.407 e. The van der Waals surface area contributed by atoms with E-state index in [2.05, 4.69) is 34.9 Å². The number of rotatable bonds is 7. The molecule has 0 unspecified atom stereocenters. The number of ether oxygens (including phenoxy) is 1. The Morgan fingerprint density at radius 3 is 2.16 bits per heavy atom. The van der Waals surface area contributed by atoms with Gasteiger partial charge in [-0.1, -0.05) is 48.5 Å². The van der Waals surface area contributed by atoms with Gasteiger partial charge in [0.05, 0.1) is 5.92 Å². The summed E-state index contributed by atoms with van der Waals surface area (Å²) in [7, 11) is 0. The molecule has 3 N–H and O–H groups in total. The quantitative estimate of drug-likeness (QED) is 0.621. The first-order valence-corrected chi connectivity index (χ1v) is 11.1. The van der Waals surface area contributed by atoms with Crippen LogP contribution < -0.4 is 10.6 Å². The van der Waals surface area contributed by atoms with Crippen molar-refractivity contribution in [2.45, 2.75) is 31.2 Å². The maximum atomic E-state index is 12.3. The highest BCUT2D eigenvalue weighted by atomic mass is 16.5. The summed E-state index contributed by atoms with van der Waals surface area (Å²) in [6.45, 7) is 0.680. The largest absolute Gasteiger partial charge is 0.481 e. The Morgan fingerprint density at radius 1 is 0.938 bits per heavy atom. The first kappa shape index (κ1) is 20.5. The number of carbonyl (C=O) groups excluding carboxylic acids is 2. The van der Waals surface area contributed by atoms with Crippen LogP contribution in [0.15, 0.2) is 48.5 Å². The van der Waals surface area contributed by atoms with Crippen molar-refractivity contribution in [1.29, 1.82) is 0 Å². The zero-order valence-corrected chi connectivity index (χ0v) is 17.6. The predicted octanol–water partition coefficient (Wildman–Crippen LogP) is 3.14. The van der Waals surface area contributed by atoms with E-state index in [0.717, 1.165) is 0 Å². The summed E-state index contributed by atoms with van der Waals surface area (Å²) >= 11 is 0. The summed E-state index contributed by atoms with van der Waals surface area (Å²) < 4.78 is 5.56. The number of carboxylic acids is 1. The van der Waals surface area contributed by atoms with E-state index < -0.39 is 12.1 Å². The average Bonchev–Trinajstić information content (AvgIpc) is 3.49. The van der Waals surface area contributed by atoms with E-state index in [1.807, 2.05) is 24.3 Å². The summed E-state index contributed by atoms with van der Waals surface area (Å²) in [5.74, 6) is -1.25. The Kier molecular flexibility index (Phi) is 5.33. The number of amides is 2. The molecule has 32 heavy (non-hydrogen) atoms.